The predicted molar refractivity (Wildman–Crippen MR) is 88.5 cm³/mol. The second kappa shape index (κ2) is 6.31. The van der Waals surface area contributed by atoms with Gasteiger partial charge in [-0.25, -0.2) is 0 Å². The summed E-state index contributed by atoms with van der Waals surface area (Å²) < 4.78 is 5.03. The van der Waals surface area contributed by atoms with Crippen molar-refractivity contribution in [2.24, 2.45) is 11.7 Å². The van der Waals surface area contributed by atoms with Crippen molar-refractivity contribution in [3.05, 3.63) is 16.0 Å². The van der Waals surface area contributed by atoms with Gasteiger partial charge in [0.15, 0.2) is 5.60 Å². The van der Waals surface area contributed by atoms with Gasteiger partial charge in [-0.15, -0.1) is 11.3 Å². The number of thiophene rings is 1. The standard InChI is InChI=1S/C16H22N2O4S/c1-8-5-6-10-11(7-8)23-14(12(10)13(17)20)18-15(21)16(3,4)22-9(2)19/h8H,5-7H2,1-4H3,(H2,17,20)(H,18,21). The third-order valence-corrected chi connectivity index (χ3v) is 5.10. The van der Waals surface area contributed by atoms with E-state index in [1.807, 2.05) is 0 Å². The fraction of sp³-hybridized carbons (Fsp3) is 0.562. The Morgan fingerprint density at radius 1 is 1.35 bits per heavy atom. The van der Waals surface area contributed by atoms with E-state index in [1.165, 1.54) is 32.1 Å². The Balaban J connectivity index is 2.31. The fourth-order valence-corrected chi connectivity index (χ4v) is 4.17. The van der Waals surface area contributed by atoms with Crippen LogP contribution in [0.4, 0.5) is 5.00 Å². The van der Waals surface area contributed by atoms with Crippen molar-refractivity contribution in [3.63, 3.8) is 0 Å². The SMILES string of the molecule is CC(=O)OC(C)(C)C(=O)Nc1sc2c(c1C(N)=O)CCC(C)C2. The minimum Gasteiger partial charge on any atom is -0.450 e. The summed E-state index contributed by atoms with van der Waals surface area (Å²) in [6.07, 6.45) is 2.66. The molecule has 1 aromatic heterocycles. The normalized spacial score (nSPS) is 17.3. The van der Waals surface area contributed by atoms with Gasteiger partial charge in [-0.3, -0.25) is 14.4 Å². The molecule has 0 saturated carbocycles. The molecule has 0 fully saturated rings. The molecule has 7 heteroatoms. The third-order valence-electron chi connectivity index (χ3n) is 3.93. The number of hydrogen-bond donors (Lipinski definition) is 2. The van der Waals surface area contributed by atoms with Crippen molar-refractivity contribution in [2.75, 3.05) is 5.32 Å². The number of anilines is 1. The highest BCUT2D eigenvalue weighted by atomic mass is 32.1. The van der Waals surface area contributed by atoms with Crippen molar-refractivity contribution in [1.82, 2.24) is 0 Å². The van der Waals surface area contributed by atoms with Crippen LogP contribution in [0.3, 0.4) is 0 Å². The molecule has 1 unspecified atom stereocenters. The lowest BCUT2D eigenvalue weighted by Crippen LogP contribution is -2.41. The number of fused-ring (bicyclic) bond motifs is 1. The zero-order chi connectivity index (χ0) is 17.4. The molecule has 1 aliphatic carbocycles. The number of esters is 1. The minimum absolute atomic E-state index is 0.392. The largest absolute Gasteiger partial charge is 0.450 e. The molecule has 0 bridgehead atoms. The number of ether oxygens (including phenoxy) is 1. The lowest BCUT2D eigenvalue weighted by Gasteiger charge is -2.23. The highest BCUT2D eigenvalue weighted by Crippen LogP contribution is 2.39. The van der Waals surface area contributed by atoms with Crippen LogP contribution < -0.4 is 11.1 Å². The summed E-state index contributed by atoms with van der Waals surface area (Å²) in [6.45, 7) is 6.41. The number of primary amides is 1. The number of amides is 2. The predicted octanol–water partition coefficient (Wildman–Crippen LogP) is 2.25. The monoisotopic (exact) mass is 338 g/mol. The van der Waals surface area contributed by atoms with Gasteiger partial charge in [0.1, 0.15) is 5.00 Å². The Morgan fingerprint density at radius 2 is 2.00 bits per heavy atom. The van der Waals surface area contributed by atoms with E-state index >= 15 is 0 Å². The van der Waals surface area contributed by atoms with Gasteiger partial charge in [0.25, 0.3) is 11.8 Å². The lowest BCUT2D eigenvalue weighted by atomic mass is 9.88. The maximum atomic E-state index is 12.4. The summed E-state index contributed by atoms with van der Waals surface area (Å²) in [7, 11) is 0. The first-order valence-electron chi connectivity index (χ1n) is 7.57. The van der Waals surface area contributed by atoms with Gasteiger partial charge in [-0.1, -0.05) is 6.92 Å². The Morgan fingerprint density at radius 3 is 2.57 bits per heavy atom. The molecule has 3 N–H and O–H groups in total. The quantitative estimate of drug-likeness (QED) is 0.823. The average Bonchev–Trinajstić information content (AvgIpc) is 2.73. The third kappa shape index (κ3) is 3.72. The number of nitrogens with one attached hydrogen (secondary N) is 1. The van der Waals surface area contributed by atoms with Gasteiger partial charge in [-0.05, 0) is 44.6 Å². The molecule has 0 radical (unpaired) electrons. The maximum absolute atomic E-state index is 12.4. The summed E-state index contributed by atoms with van der Waals surface area (Å²) in [4.78, 5) is 36.4. The van der Waals surface area contributed by atoms with E-state index in [9.17, 15) is 14.4 Å². The molecule has 1 heterocycles. The summed E-state index contributed by atoms with van der Waals surface area (Å²) >= 11 is 1.38. The molecule has 2 rings (SSSR count). The van der Waals surface area contributed by atoms with Crippen LogP contribution in [0.1, 0.15) is 54.9 Å². The van der Waals surface area contributed by atoms with E-state index in [0.29, 0.717) is 16.5 Å². The smallest absolute Gasteiger partial charge is 0.303 e. The van der Waals surface area contributed by atoms with Gasteiger partial charge in [-0.2, -0.15) is 0 Å². The molecule has 0 aromatic carbocycles. The van der Waals surface area contributed by atoms with Crippen molar-refractivity contribution >= 4 is 34.1 Å². The molecule has 2 amide bonds. The van der Waals surface area contributed by atoms with Gasteiger partial charge >= 0.3 is 5.97 Å². The van der Waals surface area contributed by atoms with Gasteiger partial charge in [0.2, 0.25) is 0 Å². The van der Waals surface area contributed by atoms with Crippen LogP contribution in [-0.2, 0) is 27.2 Å². The van der Waals surface area contributed by atoms with Crippen LogP contribution >= 0.6 is 11.3 Å². The number of rotatable bonds is 4. The molecular formula is C16H22N2O4S. The molecule has 126 valence electrons. The average molecular weight is 338 g/mol. The first kappa shape index (κ1) is 17.5. The highest BCUT2D eigenvalue weighted by Gasteiger charge is 2.34. The number of carbonyl (C=O) groups is 3. The summed E-state index contributed by atoms with van der Waals surface area (Å²) in [5, 5.41) is 3.16. The Hall–Kier alpha value is -1.89. The van der Waals surface area contributed by atoms with E-state index in [-0.39, 0.29) is 0 Å². The molecule has 1 atom stereocenters. The van der Waals surface area contributed by atoms with Crippen LogP contribution in [0.15, 0.2) is 0 Å². The zero-order valence-corrected chi connectivity index (χ0v) is 14.6. The van der Waals surface area contributed by atoms with Crippen LogP contribution in [0.25, 0.3) is 0 Å². The molecule has 23 heavy (non-hydrogen) atoms. The number of hydrogen-bond acceptors (Lipinski definition) is 5. The molecule has 6 nitrogen and oxygen atoms in total. The molecular weight excluding hydrogens is 316 g/mol. The van der Waals surface area contributed by atoms with E-state index in [0.717, 1.165) is 29.7 Å². The Labute approximate surface area is 139 Å². The highest BCUT2D eigenvalue weighted by molar-refractivity contribution is 7.17. The summed E-state index contributed by atoms with van der Waals surface area (Å²) in [5.74, 6) is -1.03. The second-order valence-corrected chi connectivity index (χ2v) is 7.58. The molecule has 0 saturated heterocycles. The first-order valence-corrected chi connectivity index (χ1v) is 8.38. The molecule has 1 aliphatic rings. The minimum atomic E-state index is -1.32. The van der Waals surface area contributed by atoms with Crippen molar-refractivity contribution < 1.29 is 19.1 Å². The number of nitrogens with two attached hydrogens (primary N) is 1. The maximum Gasteiger partial charge on any atom is 0.303 e. The van der Waals surface area contributed by atoms with Gasteiger partial charge < -0.3 is 15.8 Å². The van der Waals surface area contributed by atoms with Crippen LogP contribution in [-0.4, -0.2) is 23.4 Å². The van der Waals surface area contributed by atoms with Crippen molar-refractivity contribution in [1.29, 1.82) is 0 Å². The molecule has 1 aromatic rings. The van der Waals surface area contributed by atoms with E-state index < -0.39 is 23.4 Å². The van der Waals surface area contributed by atoms with Gasteiger partial charge in [0, 0.05) is 11.8 Å². The van der Waals surface area contributed by atoms with Crippen molar-refractivity contribution in [2.45, 2.75) is 52.6 Å². The van der Waals surface area contributed by atoms with E-state index in [4.69, 9.17) is 10.5 Å². The van der Waals surface area contributed by atoms with E-state index in [1.54, 1.807) is 0 Å². The topological polar surface area (TPSA) is 98.5 Å². The van der Waals surface area contributed by atoms with E-state index in [2.05, 4.69) is 12.2 Å². The zero-order valence-electron chi connectivity index (χ0n) is 13.8. The summed E-state index contributed by atoms with van der Waals surface area (Å²) in [5.41, 5.74) is 5.53. The Kier molecular flexibility index (Phi) is 4.79. The first-order chi connectivity index (χ1) is 10.6. The lowest BCUT2D eigenvalue weighted by molar-refractivity contribution is -0.160. The van der Waals surface area contributed by atoms with Crippen LogP contribution in [0.5, 0.6) is 0 Å². The summed E-state index contributed by atoms with van der Waals surface area (Å²) in [6, 6.07) is 0. The van der Waals surface area contributed by atoms with Crippen molar-refractivity contribution in [3.8, 4) is 0 Å². The fourth-order valence-electron chi connectivity index (χ4n) is 2.76. The molecule has 0 aliphatic heterocycles. The van der Waals surface area contributed by atoms with Crippen LogP contribution in [0.2, 0.25) is 0 Å². The Bertz CT molecular complexity index is 663. The second-order valence-electron chi connectivity index (χ2n) is 6.48. The van der Waals surface area contributed by atoms with Gasteiger partial charge in [0.05, 0.1) is 5.56 Å². The number of carbonyl (C=O) groups excluding carboxylic acids is 3. The molecule has 0 spiro atoms. The van der Waals surface area contributed by atoms with Crippen LogP contribution in [0, 0.1) is 5.92 Å².